The summed E-state index contributed by atoms with van der Waals surface area (Å²) in [6.45, 7) is 3.68. The maximum absolute atomic E-state index is 10.3. The molecule has 0 saturated carbocycles. The van der Waals surface area contributed by atoms with Crippen LogP contribution in [0.15, 0.2) is 12.2 Å². The molecule has 7 atom stereocenters. The standard InChI is InChI=1S/C25H48O7/c1-3-4-5-6-7-8-9-10-11-12-13-14-15-16-20(27)19(2)18-31-25-24(30)23(29)22(28)21(17-26)32-25/h15-16,19-30H,3-14,17-18H2,1-2H3/b16-15+/t19-,20+,21+,22-,23-,24+,25?/m0/s1. The molecular formula is C25H48O7. The fraction of sp³-hybridized carbons (Fsp3) is 0.920. The third-order valence-electron chi connectivity index (χ3n) is 6.26. The van der Waals surface area contributed by atoms with E-state index in [-0.39, 0.29) is 12.5 Å². The van der Waals surface area contributed by atoms with Gasteiger partial charge in [0.1, 0.15) is 24.4 Å². The molecule has 190 valence electrons. The molecule has 0 aromatic rings. The van der Waals surface area contributed by atoms with Gasteiger partial charge >= 0.3 is 0 Å². The second kappa shape index (κ2) is 17.9. The minimum absolute atomic E-state index is 0.104. The molecular weight excluding hydrogens is 412 g/mol. The van der Waals surface area contributed by atoms with Crippen molar-refractivity contribution in [1.82, 2.24) is 0 Å². The lowest BCUT2D eigenvalue weighted by molar-refractivity contribution is -0.303. The molecule has 0 aromatic heterocycles. The van der Waals surface area contributed by atoms with Gasteiger partial charge in [0.05, 0.1) is 19.3 Å². The zero-order valence-electron chi connectivity index (χ0n) is 20.1. The van der Waals surface area contributed by atoms with E-state index in [1.807, 2.05) is 13.0 Å². The number of aliphatic hydroxyl groups excluding tert-OH is 5. The van der Waals surface area contributed by atoms with Crippen molar-refractivity contribution in [1.29, 1.82) is 0 Å². The van der Waals surface area contributed by atoms with Crippen LogP contribution in [0.1, 0.15) is 90.9 Å². The summed E-state index contributed by atoms with van der Waals surface area (Å²) < 4.78 is 10.8. The predicted molar refractivity (Wildman–Crippen MR) is 125 cm³/mol. The highest BCUT2D eigenvalue weighted by atomic mass is 16.7. The third-order valence-corrected chi connectivity index (χ3v) is 6.26. The molecule has 1 aliphatic heterocycles. The Bertz CT molecular complexity index is 471. The average Bonchev–Trinajstić information content (AvgIpc) is 2.79. The molecule has 0 spiro atoms. The fourth-order valence-corrected chi connectivity index (χ4v) is 3.90. The normalized spacial score (nSPS) is 28.3. The number of unbranched alkanes of at least 4 members (excludes halogenated alkanes) is 11. The largest absolute Gasteiger partial charge is 0.394 e. The van der Waals surface area contributed by atoms with Gasteiger partial charge in [-0.3, -0.25) is 0 Å². The first kappa shape index (κ1) is 29.5. The Labute approximate surface area is 194 Å². The highest BCUT2D eigenvalue weighted by Crippen LogP contribution is 2.23. The lowest BCUT2D eigenvalue weighted by Gasteiger charge is -2.40. The van der Waals surface area contributed by atoms with Crippen molar-refractivity contribution in [2.45, 2.75) is 128 Å². The molecule has 1 unspecified atom stereocenters. The number of hydrogen-bond acceptors (Lipinski definition) is 7. The van der Waals surface area contributed by atoms with E-state index >= 15 is 0 Å². The summed E-state index contributed by atoms with van der Waals surface area (Å²) in [6.07, 6.45) is 12.0. The van der Waals surface area contributed by atoms with Crippen LogP contribution in [0.25, 0.3) is 0 Å². The lowest BCUT2D eigenvalue weighted by atomic mass is 9.99. The molecule has 0 bridgehead atoms. The van der Waals surface area contributed by atoms with Crippen LogP contribution in [0.3, 0.4) is 0 Å². The molecule has 1 rings (SSSR count). The molecule has 1 heterocycles. The number of hydrogen-bond donors (Lipinski definition) is 5. The Morgan fingerprint density at radius 1 is 0.844 bits per heavy atom. The molecule has 7 nitrogen and oxygen atoms in total. The minimum atomic E-state index is -1.46. The monoisotopic (exact) mass is 460 g/mol. The van der Waals surface area contributed by atoms with E-state index in [4.69, 9.17) is 9.47 Å². The molecule has 1 fully saturated rings. The Kier molecular flexibility index (Phi) is 16.5. The van der Waals surface area contributed by atoms with E-state index in [0.717, 1.165) is 12.8 Å². The fourth-order valence-electron chi connectivity index (χ4n) is 3.90. The topological polar surface area (TPSA) is 120 Å². The minimum Gasteiger partial charge on any atom is -0.394 e. The second-order valence-electron chi connectivity index (χ2n) is 9.25. The van der Waals surface area contributed by atoms with Gasteiger partial charge in [0.25, 0.3) is 0 Å². The van der Waals surface area contributed by atoms with E-state index in [1.54, 1.807) is 6.08 Å². The zero-order valence-corrected chi connectivity index (χ0v) is 20.1. The molecule has 1 aliphatic rings. The molecule has 0 radical (unpaired) electrons. The maximum atomic E-state index is 10.3. The van der Waals surface area contributed by atoms with Crippen molar-refractivity contribution < 1.29 is 35.0 Å². The van der Waals surface area contributed by atoms with Gasteiger partial charge in [-0.1, -0.05) is 90.2 Å². The molecule has 32 heavy (non-hydrogen) atoms. The first-order valence-corrected chi connectivity index (χ1v) is 12.7. The number of allylic oxidation sites excluding steroid dienone is 1. The maximum Gasteiger partial charge on any atom is 0.186 e. The average molecular weight is 461 g/mol. The Morgan fingerprint density at radius 3 is 1.97 bits per heavy atom. The molecule has 1 saturated heterocycles. The summed E-state index contributed by atoms with van der Waals surface area (Å²) in [4.78, 5) is 0. The quantitative estimate of drug-likeness (QED) is 0.157. The summed E-state index contributed by atoms with van der Waals surface area (Å²) in [7, 11) is 0. The van der Waals surface area contributed by atoms with Gasteiger partial charge < -0.3 is 35.0 Å². The van der Waals surface area contributed by atoms with E-state index in [1.165, 1.54) is 64.2 Å². The third kappa shape index (κ3) is 11.5. The van der Waals surface area contributed by atoms with Crippen LogP contribution in [0.4, 0.5) is 0 Å². The summed E-state index contributed by atoms with van der Waals surface area (Å²) in [5, 5.41) is 49.1. The zero-order chi connectivity index (χ0) is 23.8. The van der Waals surface area contributed by atoms with Crippen LogP contribution < -0.4 is 0 Å². The van der Waals surface area contributed by atoms with Crippen molar-refractivity contribution in [3.63, 3.8) is 0 Å². The molecule has 5 N–H and O–H groups in total. The number of ether oxygens (including phenoxy) is 2. The lowest BCUT2D eigenvalue weighted by Crippen LogP contribution is -2.59. The number of aliphatic hydroxyl groups is 5. The highest BCUT2D eigenvalue weighted by molar-refractivity contribution is 4.92. The van der Waals surface area contributed by atoms with Crippen molar-refractivity contribution in [2.24, 2.45) is 5.92 Å². The van der Waals surface area contributed by atoms with Crippen LogP contribution in [0.2, 0.25) is 0 Å². The van der Waals surface area contributed by atoms with Gasteiger partial charge in [-0.2, -0.15) is 0 Å². The highest BCUT2D eigenvalue weighted by Gasteiger charge is 2.44. The van der Waals surface area contributed by atoms with Crippen LogP contribution in [0, 0.1) is 5.92 Å². The summed E-state index contributed by atoms with van der Waals surface area (Å²) in [5.41, 5.74) is 0. The van der Waals surface area contributed by atoms with Crippen LogP contribution in [-0.2, 0) is 9.47 Å². The smallest absolute Gasteiger partial charge is 0.186 e. The van der Waals surface area contributed by atoms with Gasteiger partial charge in [0.15, 0.2) is 6.29 Å². The number of rotatable bonds is 18. The molecule has 0 aromatic carbocycles. The Hall–Kier alpha value is -0.540. The van der Waals surface area contributed by atoms with E-state index in [0.29, 0.717) is 0 Å². The van der Waals surface area contributed by atoms with E-state index in [2.05, 4.69) is 6.92 Å². The van der Waals surface area contributed by atoms with E-state index in [9.17, 15) is 25.5 Å². The Morgan fingerprint density at radius 2 is 1.41 bits per heavy atom. The first-order chi connectivity index (χ1) is 15.4. The van der Waals surface area contributed by atoms with Gasteiger partial charge in [0.2, 0.25) is 0 Å². The molecule has 7 heteroatoms. The molecule has 0 amide bonds. The van der Waals surface area contributed by atoms with Gasteiger partial charge in [-0.05, 0) is 12.8 Å². The first-order valence-electron chi connectivity index (χ1n) is 12.7. The summed E-state index contributed by atoms with van der Waals surface area (Å²) in [5.74, 6) is -0.240. The Balaban J connectivity index is 2.10. The van der Waals surface area contributed by atoms with Crippen molar-refractivity contribution in [3.8, 4) is 0 Å². The van der Waals surface area contributed by atoms with Crippen molar-refractivity contribution in [2.75, 3.05) is 13.2 Å². The van der Waals surface area contributed by atoms with Crippen LogP contribution in [-0.4, -0.2) is 75.6 Å². The van der Waals surface area contributed by atoms with Crippen LogP contribution >= 0.6 is 0 Å². The van der Waals surface area contributed by atoms with Gasteiger partial charge in [-0.15, -0.1) is 0 Å². The van der Waals surface area contributed by atoms with E-state index < -0.39 is 43.4 Å². The SMILES string of the molecule is CCCCCCCCCCCCC/C=C/[C@@H](O)[C@@H](C)COC1O[C@H](CO)[C@H](O)[C@H](O)[C@H]1O. The van der Waals surface area contributed by atoms with Crippen molar-refractivity contribution in [3.05, 3.63) is 12.2 Å². The van der Waals surface area contributed by atoms with Crippen molar-refractivity contribution >= 4 is 0 Å². The molecule has 0 aliphatic carbocycles. The summed E-state index contributed by atoms with van der Waals surface area (Å²) >= 11 is 0. The van der Waals surface area contributed by atoms with Gasteiger partial charge in [-0.25, -0.2) is 0 Å². The second-order valence-corrected chi connectivity index (χ2v) is 9.25. The summed E-state index contributed by atoms with van der Waals surface area (Å²) in [6, 6.07) is 0. The van der Waals surface area contributed by atoms with Crippen LogP contribution in [0.5, 0.6) is 0 Å². The van der Waals surface area contributed by atoms with Gasteiger partial charge in [0, 0.05) is 5.92 Å². The predicted octanol–water partition coefficient (Wildman–Crippen LogP) is 3.06.